The maximum Gasteiger partial charge on any atom is 2.00 e. The topological polar surface area (TPSA) is 57.0 Å². The fourth-order valence-corrected chi connectivity index (χ4v) is 0. The molecule has 0 aliphatic carbocycles. The predicted octanol–water partition coefficient (Wildman–Crippen LogP) is -0.621. The smallest absolute Gasteiger partial charge is 2.00 e. The van der Waals surface area contributed by atoms with Crippen LogP contribution in [0.5, 0.6) is 0 Å². The monoisotopic (exact) mass is 131 g/mol. The summed E-state index contributed by atoms with van der Waals surface area (Å²) in [5.41, 5.74) is 0. The molecule has 1 radical (unpaired) electrons. The van der Waals surface area contributed by atoms with Crippen LogP contribution in [0.3, 0.4) is 0 Å². The molecule has 4 heteroatoms. The van der Waals surface area contributed by atoms with Crippen molar-refractivity contribution in [2.45, 2.75) is 0 Å². The first-order chi connectivity index (χ1) is 0. The van der Waals surface area contributed by atoms with Crippen LogP contribution in [-0.4, -0.2) is 37.7 Å². The largest absolute Gasteiger partial charge is 2.00 e. The Morgan fingerprint density at radius 2 is 0.750 bits per heavy atom. The third-order valence-electron chi connectivity index (χ3n) is 0. The van der Waals surface area contributed by atoms with Gasteiger partial charge in [0.15, 0.2) is 0 Å². The van der Waals surface area contributed by atoms with Crippen LogP contribution in [0.1, 0.15) is 0 Å². The number of hydrogen-bond donors (Lipinski definition) is 0. The Balaban J connectivity index is 0. The molecule has 0 saturated heterocycles. The van der Waals surface area contributed by atoms with Crippen LogP contribution in [0.2, 0.25) is 0 Å². The van der Waals surface area contributed by atoms with E-state index in [2.05, 4.69) is 0 Å². The van der Waals surface area contributed by atoms with Gasteiger partial charge in [-0.15, -0.1) is 0 Å². The van der Waals surface area contributed by atoms with E-state index in [-0.39, 0.29) is 65.5 Å². The van der Waals surface area contributed by atoms with Crippen molar-refractivity contribution in [2.75, 3.05) is 0 Å². The molecule has 0 heterocycles. The van der Waals surface area contributed by atoms with Crippen molar-refractivity contribution in [3.8, 4) is 0 Å². The second kappa shape index (κ2) is 22.4. The van der Waals surface area contributed by atoms with Crippen LogP contribution >= 0.6 is 0 Å². The van der Waals surface area contributed by atoms with Crippen molar-refractivity contribution in [3.05, 3.63) is 0 Å². The van der Waals surface area contributed by atoms with Gasteiger partial charge in [-0.05, 0) is 0 Å². The Kier molecular flexibility index (Phi) is 246. The van der Waals surface area contributed by atoms with E-state index in [1.54, 1.807) is 0 Å². The molecule has 0 aliphatic heterocycles. The second-order valence-corrected chi connectivity index (χ2v) is 0. The van der Waals surface area contributed by atoms with Gasteiger partial charge in [-0.2, -0.15) is 0 Å². The molecule has 4 heavy (non-hydrogen) atoms. The Bertz CT molecular complexity index is 6.00. The average molecular weight is 131 g/mol. The van der Waals surface area contributed by atoms with E-state index < -0.39 is 0 Å². The molecule has 0 aromatic heterocycles. The summed E-state index contributed by atoms with van der Waals surface area (Å²) in [5, 5.41) is 0. The SMILES string of the molecule is [Ca+2].[Co+2].[O-2].[O-2]. The van der Waals surface area contributed by atoms with Gasteiger partial charge in [0, 0.05) is 0 Å². The molecule has 0 spiro atoms. The molecule has 0 saturated carbocycles. The fraction of sp³-hybridized carbons (Fsp3) is 0. The normalized spacial score (nSPS) is 0. The standard InChI is InChI=1S/Ca.Co.2O/q2*+2;2*-2. The zero-order valence-electron chi connectivity index (χ0n) is 1.86. The summed E-state index contributed by atoms with van der Waals surface area (Å²) in [5.74, 6) is 0. The summed E-state index contributed by atoms with van der Waals surface area (Å²) < 4.78 is 0. The molecule has 0 atom stereocenters. The zero-order valence-corrected chi connectivity index (χ0v) is 5.11. The van der Waals surface area contributed by atoms with Gasteiger partial charge in [0.2, 0.25) is 0 Å². The minimum absolute atomic E-state index is 0. The van der Waals surface area contributed by atoms with Gasteiger partial charge in [0.05, 0.1) is 0 Å². The summed E-state index contributed by atoms with van der Waals surface area (Å²) in [7, 11) is 0. The number of hydrogen-bond acceptors (Lipinski definition) is 0. The van der Waals surface area contributed by atoms with Crippen molar-refractivity contribution >= 4 is 37.7 Å². The first-order valence-corrected chi connectivity index (χ1v) is 0. The molecule has 0 aliphatic rings. The van der Waals surface area contributed by atoms with Gasteiger partial charge in [-0.25, -0.2) is 0 Å². The average Bonchev–Trinajstić information content (AvgIpc) is 0. The maximum atomic E-state index is 0. The molecule has 2 nitrogen and oxygen atoms in total. The van der Waals surface area contributed by atoms with Gasteiger partial charge in [-0.1, -0.05) is 0 Å². The second-order valence-electron chi connectivity index (χ2n) is 0. The molecule has 0 rings (SSSR count). The molecule has 0 fully saturated rings. The summed E-state index contributed by atoms with van der Waals surface area (Å²) in [6.45, 7) is 0. The van der Waals surface area contributed by atoms with Crippen LogP contribution in [0.15, 0.2) is 0 Å². The Morgan fingerprint density at radius 1 is 0.750 bits per heavy atom. The Labute approximate surface area is 64.8 Å². The zero-order chi connectivity index (χ0) is 0. The summed E-state index contributed by atoms with van der Waals surface area (Å²) in [4.78, 5) is 0. The Hall–Kier alpha value is 1.69. The van der Waals surface area contributed by atoms with Gasteiger partial charge in [-0.3, -0.25) is 0 Å². The quantitative estimate of drug-likeness (QED) is 0.393. The third-order valence-corrected chi connectivity index (χ3v) is 0. The van der Waals surface area contributed by atoms with E-state index in [1.807, 2.05) is 0 Å². The van der Waals surface area contributed by atoms with Crippen LogP contribution in [0.4, 0.5) is 0 Å². The van der Waals surface area contributed by atoms with Crippen molar-refractivity contribution in [3.63, 3.8) is 0 Å². The first kappa shape index (κ1) is 43.9. The Morgan fingerprint density at radius 3 is 0.750 bits per heavy atom. The summed E-state index contributed by atoms with van der Waals surface area (Å²) in [6, 6.07) is 0. The van der Waals surface area contributed by atoms with E-state index in [0.717, 1.165) is 0 Å². The number of rotatable bonds is 0. The van der Waals surface area contributed by atoms with Gasteiger partial charge in [0.25, 0.3) is 0 Å². The van der Waals surface area contributed by atoms with E-state index in [0.29, 0.717) is 0 Å². The predicted molar refractivity (Wildman–Crippen MR) is 7.13 cm³/mol. The van der Waals surface area contributed by atoms with E-state index >= 15 is 0 Å². The summed E-state index contributed by atoms with van der Waals surface area (Å²) >= 11 is 0. The molecule has 0 aromatic carbocycles. The summed E-state index contributed by atoms with van der Waals surface area (Å²) in [6.07, 6.45) is 0. The van der Waals surface area contributed by atoms with Crippen molar-refractivity contribution in [1.29, 1.82) is 0 Å². The molecular weight excluding hydrogens is 131 g/mol. The first-order valence-electron chi connectivity index (χ1n) is 0. The third kappa shape index (κ3) is 9.35. The molecule has 0 N–H and O–H groups in total. The molecule has 23 valence electrons. The van der Waals surface area contributed by atoms with Gasteiger partial charge in [0.1, 0.15) is 0 Å². The molecule has 0 bridgehead atoms. The minimum Gasteiger partial charge on any atom is -2.00 e. The van der Waals surface area contributed by atoms with Crippen LogP contribution in [-0.2, 0) is 27.7 Å². The molecule has 0 amide bonds. The molecular formula is CaCoO2. The molecule has 0 aromatic rings. The van der Waals surface area contributed by atoms with E-state index in [9.17, 15) is 0 Å². The van der Waals surface area contributed by atoms with Crippen LogP contribution in [0, 0.1) is 0 Å². The van der Waals surface area contributed by atoms with Gasteiger partial charge < -0.3 is 11.0 Å². The van der Waals surface area contributed by atoms with Crippen molar-refractivity contribution in [2.24, 2.45) is 0 Å². The van der Waals surface area contributed by atoms with Crippen LogP contribution in [0.25, 0.3) is 0 Å². The van der Waals surface area contributed by atoms with Gasteiger partial charge >= 0.3 is 54.5 Å². The van der Waals surface area contributed by atoms with Crippen molar-refractivity contribution < 1.29 is 27.7 Å². The minimum atomic E-state index is 0. The molecule has 0 unspecified atom stereocenters. The van der Waals surface area contributed by atoms with Crippen molar-refractivity contribution in [1.82, 2.24) is 0 Å². The van der Waals surface area contributed by atoms with E-state index in [4.69, 9.17) is 0 Å². The van der Waals surface area contributed by atoms with E-state index in [1.165, 1.54) is 0 Å². The maximum absolute atomic E-state index is 0. The van der Waals surface area contributed by atoms with Crippen LogP contribution < -0.4 is 0 Å². The fourth-order valence-electron chi connectivity index (χ4n) is 0.